The minimum Gasteiger partial charge on any atom is -0.360 e. The van der Waals surface area contributed by atoms with E-state index in [1.807, 2.05) is 13.8 Å². The van der Waals surface area contributed by atoms with Crippen LogP contribution in [0.3, 0.4) is 0 Å². The van der Waals surface area contributed by atoms with Crippen molar-refractivity contribution in [3.8, 4) is 0 Å². The first-order chi connectivity index (χ1) is 12.2. The molecule has 0 aliphatic carbocycles. The molecule has 0 saturated carbocycles. The van der Waals surface area contributed by atoms with Gasteiger partial charge in [-0.05, 0) is 58.2 Å². The normalized spacial score (nSPS) is 14.4. The van der Waals surface area contributed by atoms with E-state index in [0.29, 0.717) is 36.3 Å². The molecule has 0 unspecified atom stereocenters. The van der Waals surface area contributed by atoms with E-state index in [1.165, 1.54) is 4.31 Å². The number of nitrogens with zero attached hydrogens (tertiary/aromatic N) is 2. The Morgan fingerprint density at radius 1 is 1.31 bits per heavy atom. The largest absolute Gasteiger partial charge is 0.360 e. The summed E-state index contributed by atoms with van der Waals surface area (Å²) in [6.45, 7) is 7.34. The number of carbonyl (C=O) groups is 1. The van der Waals surface area contributed by atoms with E-state index in [0.717, 1.165) is 5.56 Å². The molecule has 2 aromatic rings. The smallest absolute Gasteiger partial charge is 0.269 e. The summed E-state index contributed by atoms with van der Waals surface area (Å²) < 4.78 is 32.9. The number of benzene rings is 1. The second kappa shape index (κ2) is 6.75. The lowest BCUT2D eigenvalue weighted by Gasteiger charge is -2.31. The quantitative estimate of drug-likeness (QED) is 0.884. The van der Waals surface area contributed by atoms with Crippen LogP contribution >= 0.6 is 0 Å². The molecule has 0 fully saturated rings. The van der Waals surface area contributed by atoms with Gasteiger partial charge in [-0.3, -0.25) is 9.10 Å². The molecule has 1 amide bonds. The molecule has 8 heteroatoms. The highest BCUT2D eigenvalue weighted by Gasteiger charge is 2.35. The number of nitrogens with one attached hydrogen (secondary N) is 1. The number of hydrogen-bond acceptors (Lipinski definition) is 5. The molecular formula is C18H23N3O4S. The first-order valence-corrected chi connectivity index (χ1v) is 10.1. The van der Waals surface area contributed by atoms with Crippen LogP contribution in [-0.4, -0.2) is 32.1 Å². The summed E-state index contributed by atoms with van der Waals surface area (Å²) in [7, 11) is -3.81. The van der Waals surface area contributed by atoms with Crippen LogP contribution in [0.4, 0.5) is 5.69 Å². The number of rotatable bonds is 4. The van der Waals surface area contributed by atoms with Crippen molar-refractivity contribution in [1.82, 2.24) is 10.5 Å². The summed E-state index contributed by atoms with van der Waals surface area (Å²) in [6, 6.07) is 5.21. The van der Waals surface area contributed by atoms with E-state index in [2.05, 4.69) is 10.5 Å². The molecular weight excluding hydrogens is 354 g/mol. The Morgan fingerprint density at radius 3 is 2.65 bits per heavy atom. The minimum absolute atomic E-state index is 0.00378. The summed E-state index contributed by atoms with van der Waals surface area (Å²) in [5, 5.41) is 6.64. The summed E-state index contributed by atoms with van der Waals surface area (Å²) >= 11 is 0. The van der Waals surface area contributed by atoms with Gasteiger partial charge in [-0.25, -0.2) is 8.42 Å². The number of carbonyl (C=O) groups excluding carboxylic acids is 1. The first-order valence-electron chi connectivity index (χ1n) is 8.62. The number of aryl methyl sites for hydroxylation is 2. The van der Waals surface area contributed by atoms with Crippen molar-refractivity contribution in [2.75, 3.05) is 10.8 Å². The van der Waals surface area contributed by atoms with Crippen LogP contribution < -0.4 is 9.62 Å². The molecule has 0 atom stereocenters. The van der Waals surface area contributed by atoms with E-state index in [-0.39, 0.29) is 22.6 Å². The van der Waals surface area contributed by atoms with Crippen LogP contribution in [-0.2, 0) is 16.4 Å². The zero-order valence-electron chi connectivity index (χ0n) is 15.4. The van der Waals surface area contributed by atoms with Crippen molar-refractivity contribution >= 4 is 21.6 Å². The molecule has 1 N–H and O–H groups in total. The van der Waals surface area contributed by atoms with Crippen molar-refractivity contribution in [3.05, 3.63) is 40.8 Å². The van der Waals surface area contributed by atoms with Crippen molar-refractivity contribution in [2.45, 2.75) is 51.5 Å². The van der Waals surface area contributed by atoms with E-state index >= 15 is 0 Å². The average molecular weight is 377 g/mol. The molecule has 7 nitrogen and oxygen atoms in total. The Hall–Kier alpha value is -2.35. The van der Waals surface area contributed by atoms with Crippen LogP contribution in [0.2, 0.25) is 0 Å². The van der Waals surface area contributed by atoms with Gasteiger partial charge in [0.1, 0.15) is 5.69 Å². The molecule has 3 rings (SSSR count). The van der Waals surface area contributed by atoms with E-state index in [1.54, 1.807) is 32.0 Å². The van der Waals surface area contributed by atoms with Crippen molar-refractivity contribution < 1.29 is 17.7 Å². The lowest BCUT2D eigenvalue weighted by molar-refractivity contribution is 0.0942. The fraction of sp³-hybridized carbons (Fsp3) is 0.444. The van der Waals surface area contributed by atoms with E-state index < -0.39 is 10.0 Å². The Morgan fingerprint density at radius 2 is 2.04 bits per heavy atom. The average Bonchev–Trinajstić information content (AvgIpc) is 2.92. The van der Waals surface area contributed by atoms with Crippen molar-refractivity contribution in [1.29, 1.82) is 0 Å². The highest BCUT2D eigenvalue weighted by Crippen LogP contribution is 2.35. The van der Waals surface area contributed by atoms with Crippen molar-refractivity contribution in [3.63, 3.8) is 0 Å². The third-order valence-corrected chi connectivity index (χ3v) is 6.45. The van der Waals surface area contributed by atoms with Crippen molar-refractivity contribution in [2.24, 2.45) is 0 Å². The third kappa shape index (κ3) is 3.09. The molecule has 140 valence electrons. The van der Waals surface area contributed by atoms with Gasteiger partial charge in [-0.2, -0.15) is 0 Å². The van der Waals surface area contributed by atoms with Gasteiger partial charge in [0.15, 0.2) is 10.7 Å². The maximum absolute atomic E-state index is 13.2. The highest BCUT2D eigenvalue weighted by molar-refractivity contribution is 7.93. The molecule has 1 aromatic carbocycles. The van der Waals surface area contributed by atoms with Crippen LogP contribution in [0.25, 0.3) is 0 Å². The first kappa shape index (κ1) is 18.4. The van der Waals surface area contributed by atoms with Crippen LogP contribution in [0.15, 0.2) is 27.6 Å². The monoisotopic (exact) mass is 377 g/mol. The molecule has 0 saturated heterocycles. The maximum atomic E-state index is 13.2. The summed E-state index contributed by atoms with van der Waals surface area (Å²) in [5.41, 5.74) is 2.16. The van der Waals surface area contributed by atoms with Gasteiger partial charge < -0.3 is 9.84 Å². The van der Waals surface area contributed by atoms with Gasteiger partial charge in [0, 0.05) is 18.2 Å². The topological polar surface area (TPSA) is 92.5 Å². The molecule has 1 aromatic heterocycles. The summed E-state index contributed by atoms with van der Waals surface area (Å²) in [6.07, 6.45) is 1.30. The van der Waals surface area contributed by atoms with Gasteiger partial charge in [0.25, 0.3) is 15.9 Å². The fourth-order valence-corrected chi connectivity index (χ4v) is 5.18. The molecule has 2 heterocycles. The fourth-order valence-electron chi connectivity index (χ4n) is 3.35. The molecule has 0 spiro atoms. The Balaban J connectivity index is 2.09. The van der Waals surface area contributed by atoms with Gasteiger partial charge in [-0.15, -0.1) is 0 Å². The maximum Gasteiger partial charge on any atom is 0.269 e. The van der Waals surface area contributed by atoms with Gasteiger partial charge in [0.05, 0.1) is 5.69 Å². The molecule has 0 bridgehead atoms. The second-order valence-corrected chi connectivity index (χ2v) is 8.56. The molecule has 1 aliphatic heterocycles. The SMILES string of the molecule is Cc1noc(C)c1S(=O)(=O)N1CCCc2c(C(=O)NC(C)C)cccc21. The standard InChI is InChI=1S/C18H23N3O4S/c1-11(2)19-18(22)15-7-5-9-16-14(15)8-6-10-21(16)26(23,24)17-12(3)20-25-13(17)4/h5,7,9,11H,6,8,10H2,1-4H3,(H,19,22). The Kier molecular flexibility index (Phi) is 4.79. The Labute approximate surface area is 153 Å². The highest BCUT2D eigenvalue weighted by atomic mass is 32.2. The van der Waals surface area contributed by atoms with Gasteiger partial charge in [0.2, 0.25) is 0 Å². The number of fused-ring (bicyclic) bond motifs is 1. The molecule has 0 radical (unpaired) electrons. The van der Waals surface area contributed by atoms with E-state index in [4.69, 9.17) is 4.52 Å². The predicted molar refractivity (Wildman–Crippen MR) is 97.9 cm³/mol. The molecule has 26 heavy (non-hydrogen) atoms. The Bertz CT molecular complexity index is 928. The summed E-state index contributed by atoms with van der Waals surface area (Å²) in [5.74, 6) is 0.0803. The van der Waals surface area contributed by atoms with Crippen LogP contribution in [0.1, 0.15) is 47.6 Å². The minimum atomic E-state index is -3.81. The number of hydrogen-bond donors (Lipinski definition) is 1. The molecule has 1 aliphatic rings. The third-order valence-electron chi connectivity index (χ3n) is 4.39. The lowest BCUT2D eigenvalue weighted by atomic mass is 9.97. The predicted octanol–water partition coefficient (Wildman–Crippen LogP) is 2.57. The number of amides is 1. The van der Waals surface area contributed by atoms with Crippen LogP contribution in [0.5, 0.6) is 0 Å². The zero-order valence-corrected chi connectivity index (χ0v) is 16.2. The summed E-state index contributed by atoms with van der Waals surface area (Å²) in [4.78, 5) is 12.6. The second-order valence-electron chi connectivity index (χ2n) is 6.77. The number of anilines is 1. The van der Waals surface area contributed by atoms with Gasteiger partial charge >= 0.3 is 0 Å². The number of sulfonamides is 1. The van der Waals surface area contributed by atoms with E-state index in [9.17, 15) is 13.2 Å². The zero-order chi connectivity index (χ0) is 19.1. The lowest BCUT2D eigenvalue weighted by Crippen LogP contribution is -2.37. The van der Waals surface area contributed by atoms with Crippen LogP contribution in [0, 0.1) is 13.8 Å². The number of aromatic nitrogens is 1. The van der Waals surface area contributed by atoms with Gasteiger partial charge in [-0.1, -0.05) is 11.2 Å².